The van der Waals surface area contributed by atoms with Crippen molar-refractivity contribution in [1.82, 2.24) is 0 Å². The second-order valence-corrected chi connectivity index (χ2v) is 1.49. The third-order valence-corrected chi connectivity index (χ3v) is 0.891. The lowest BCUT2D eigenvalue weighted by Crippen LogP contribution is -2.09. The van der Waals surface area contributed by atoms with Gasteiger partial charge in [0.05, 0.1) is 5.66 Å². The van der Waals surface area contributed by atoms with Crippen LogP contribution in [0.5, 0.6) is 0 Å². The van der Waals surface area contributed by atoms with Crippen molar-refractivity contribution < 1.29 is 14.2 Å². The third-order valence-electron chi connectivity index (χ3n) is 0.891. The first kappa shape index (κ1) is 6.10. The van der Waals surface area contributed by atoms with Gasteiger partial charge in [-0.2, -0.15) is 0 Å². The molecule has 0 aliphatic carbocycles. The van der Waals surface area contributed by atoms with Crippen molar-refractivity contribution in [2.75, 3.05) is 0 Å². The monoisotopic (exact) mass is 123 g/mol. The molecule has 45 valence electrons. The van der Waals surface area contributed by atoms with Crippen molar-refractivity contribution in [3.63, 3.8) is 0 Å². The second kappa shape index (κ2) is 2.50. The van der Waals surface area contributed by atoms with E-state index in [9.17, 15) is 4.79 Å². The summed E-state index contributed by atoms with van der Waals surface area (Å²) in [7, 11) is 0.799. The van der Waals surface area contributed by atoms with Gasteiger partial charge in [0.15, 0.2) is 12.0 Å². The van der Waals surface area contributed by atoms with Crippen molar-refractivity contribution >= 4 is 19.4 Å². The number of aldehydes is 1. The number of carbonyl (C=O) groups is 1. The zero-order chi connectivity index (χ0) is 6.69. The maximum atomic E-state index is 9.95. The standard InChI is InChI=1S/C5H4BO3/c7-3-4-1-2-5(6-8)9-4/h1-3,8H. The molecule has 1 rings (SSSR count). The predicted octanol–water partition coefficient (Wildman–Crippen LogP) is -0.671. The van der Waals surface area contributed by atoms with E-state index in [1.807, 2.05) is 0 Å². The summed E-state index contributed by atoms with van der Waals surface area (Å²) in [6.45, 7) is 0. The Hall–Kier alpha value is -1.03. The Morgan fingerprint density at radius 1 is 1.67 bits per heavy atom. The summed E-state index contributed by atoms with van der Waals surface area (Å²) in [4.78, 5) is 9.95. The zero-order valence-corrected chi connectivity index (χ0v) is 4.57. The van der Waals surface area contributed by atoms with E-state index in [-0.39, 0.29) is 11.4 Å². The van der Waals surface area contributed by atoms with E-state index in [1.54, 1.807) is 0 Å². The van der Waals surface area contributed by atoms with Gasteiger partial charge in [-0.1, -0.05) is 0 Å². The van der Waals surface area contributed by atoms with Crippen LogP contribution in [0.4, 0.5) is 0 Å². The highest BCUT2D eigenvalue weighted by Gasteiger charge is 1.98. The van der Waals surface area contributed by atoms with Gasteiger partial charge >= 0.3 is 7.48 Å². The Morgan fingerprint density at radius 2 is 2.44 bits per heavy atom. The Labute approximate surface area is 52.6 Å². The first-order chi connectivity index (χ1) is 4.36. The molecule has 0 spiro atoms. The van der Waals surface area contributed by atoms with Crippen LogP contribution >= 0.6 is 0 Å². The van der Waals surface area contributed by atoms with Gasteiger partial charge in [-0.3, -0.25) is 4.79 Å². The SMILES string of the molecule is O=Cc1ccc([B]O)o1. The minimum Gasteiger partial charge on any atom is -0.466 e. The Bertz CT molecular complexity index is 206. The quantitative estimate of drug-likeness (QED) is 0.419. The molecule has 0 amide bonds. The molecule has 0 saturated heterocycles. The summed E-state index contributed by atoms with van der Waals surface area (Å²) in [5.74, 6) is 0.218. The van der Waals surface area contributed by atoms with Gasteiger partial charge in [0.2, 0.25) is 0 Å². The maximum Gasteiger partial charge on any atom is 0.373 e. The summed E-state index contributed by atoms with van der Waals surface area (Å²) in [6, 6.07) is 2.98. The van der Waals surface area contributed by atoms with Crippen molar-refractivity contribution in [3.05, 3.63) is 17.9 Å². The molecule has 1 aromatic heterocycles. The molecule has 0 aromatic carbocycles. The predicted molar refractivity (Wildman–Crippen MR) is 31.7 cm³/mol. The van der Waals surface area contributed by atoms with E-state index in [0.29, 0.717) is 6.29 Å². The number of furan rings is 1. The largest absolute Gasteiger partial charge is 0.466 e. The zero-order valence-electron chi connectivity index (χ0n) is 4.57. The molecule has 1 radical (unpaired) electrons. The molecule has 1 N–H and O–H groups in total. The number of hydrogen-bond acceptors (Lipinski definition) is 3. The normalized spacial score (nSPS) is 9.00. The highest BCUT2D eigenvalue weighted by atomic mass is 16.4. The fraction of sp³-hybridized carbons (Fsp3) is 0. The molecule has 3 nitrogen and oxygen atoms in total. The smallest absolute Gasteiger partial charge is 0.373 e. The molecule has 1 heterocycles. The van der Waals surface area contributed by atoms with Gasteiger partial charge in [-0.15, -0.1) is 0 Å². The van der Waals surface area contributed by atoms with Gasteiger partial charge in [-0.05, 0) is 12.1 Å². The van der Waals surface area contributed by atoms with E-state index < -0.39 is 0 Å². The highest BCUT2D eigenvalue weighted by molar-refractivity contribution is 6.43. The van der Waals surface area contributed by atoms with Gasteiger partial charge in [0.25, 0.3) is 0 Å². The van der Waals surface area contributed by atoms with E-state index in [2.05, 4.69) is 0 Å². The van der Waals surface area contributed by atoms with E-state index >= 15 is 0 Å². The number of carbonyl (C=O) groups excluding carboxylic acids is 1. The first-order valence-corrected chi connectivity index (χ1v) is 2.39. The van der Waals surface area contributed by atoms with Crippen molar-refractivity contribution in [2.24, 2.45) is 0 Å². The van der Waals surface area contributed by atoms with Crippen LogP contribution in [0.25, 0.3) is 0 Å². The molecule has 0 bridgehead atoms. The van der Waals surface area contributed by atoms with Crippen LogP contribution in [-0.4, -0.2) is 18.8 Å². The lowest BCUT2D eigenvalue weighted by Gasteiger charge is -1.79. The molecule has 0 aliphatic heterocycles. The van der Waals surface area contributed by atoms with Crippen LogP contribution in [0.15, 0.2) is 16.5 Å². The van der Waals surface area contributed by atoms with Gasteiger partial charge < -0.3 is 9.44 Å². The van der Waals surface area contributed by atoms with Crippen LogP contribution in [-0.2, 0) is 0 Å². The molecule has 0 aliphatic rings. The minimum absolute atomic E-state index is 0.218. The van der Waals surface area contributed by atoms with E-state index in [4.69, 9.17) is 9.44 Å². The fourth-order valence-electron chi connectivity index (χ4n) is 0.501. The fourth-order valence-corrected chi connectivity index (χ4v) is 0.501. The summed E-state index contributed by atoms with van der Waals surface area (Å²) >= 11 is 0. The van der Waals surface area contributed by atoms with Crippen LogP contribution in [0.2, 0.25) is 0 Å². The molecule has 0 fully saturated rings. The first-order valence-electron chi connectivity index (χ1n) is 2.39. The minimum atomic E-state index is 0.218. The van der Waals surface area contributed by atoms with Crippen LogP contribution in [0, 0.1) is 0 Å². The van der Waals surface area contributed by atoms with E-state index in [0.717, 1.165) is 7.48 Å². The van der Waals surface area contributed by atoms with Gasteiger partial charge in [-0.25, -0.2) is 0 Å². The molecule has 4 heteroatoms. The molecular formula is C5H4BO3. The summed E-state index contributed by atoms with van der Waals surface area (Å²) in [5, 5.41) is 8.31. The number of rotatable bonds is 2. The lowest BCUT2D eigenvalue weighted by molar-refractivity contribution is 0.110. The molecule has 0 atom stereocenters. The van der Waals surface area contributed by atoms with Crippen molar-refractivity contribution in [2.45, 2.75) is 0 Å². The Morgan fingerprint density at radius 3 is 2.78 bits per heavy atom. The van der Waals surface area contributed by atoms with Crippen molar-refractivity contribution in [1.29, 1.82) is 0 Å². The van der Waals surface area contributed by atoms with Crippen LogP contribution in [0.3, 0.4) is 0 Å². The second-order valence-electron chi connectivity index (χ2n) is 1.49. The average molecular weight is 123 g/mol. The highest BCUT2D eigenvalue weighted by Crippen LogP contribution is 1.90. The molecule has 0 unspecified atom stereocenters. The van der Waals surface area contributed by atoms with Crippen LogP contribution < -0.4 is 5.66 Å². The van der Waals surface area contributed by atoms with E-state index in [1.165, 1.54) is 12.1 Å². The van der Waals surface area contributed by atoms with Gasteiger partial charge in [0, 0.05) is 0 Å². The topological polar surface area (TPSA) is 50.4 Å². The molecule has 9 heavy (non-hydrogen) atoms. The Kier molecular flexibility index (Phi) is 1.70. The number of hydrogen-bond donors (Lipinski definition) is 1. The molecule has 0 saturated carbocycles. The Balaban J connectivity index is 2.86. The molecule has 1 aromatic rings. The van der Waals surface area contributed by atoms with Crippen molar-refractivity contribution in [3.8, 4) is 0 Å². The maximum absolute atomic E-state index is 9.95. The lowest BCUT2D eigenvalue weighted by atomic mass is 9.99. The third kappa shape index (κ3) is 1.20. The van der Waals surface area contributed by atoms with Gasteiger partial charge in [0.1, 0.15) is 0 Å². The molecular weight excluding hydrogens is 119 g/mol. The summed E-state index contributed by atoms with van der Waals surface area (Å²) in [6.07, 6.45) is 0.576. The van der Waals surface area contributed by atoms with Crippen LogP contribution in [0.1, 0.15) is 10.6 Å². The summed E-state index contributed by atoms with van der Waals surface area (Å²) < 4.78 is 4.71. The summed E-state index contributed by atoms with van der Waals surface area (Å²) in [5.41, 5.74) is 0.289. The average Bonchev–Trinajstić information content (AvgIpc) is 2.34.